The molecule has 0 spiro atoms. The zero-order chi connectivity index (χ0) is 11.1. The molecule has 1 heterocycles. The van der Waals surface area contributed by atoms with Crippen LogP contribution in [-0.2, 0) is 0 Å². The molecule has 0 amide bonds. The van der Waals surface area contributed by atoms with E-state index in [4.69, 9.17) is 5.73 Å². The Bertz CT molecular complexity index is 420. The number of anilines is 2. The summed E-state index contributed by atoms with van der Waals surface area (Å²) in [4.78, 5) is 17.7. The van der Waals surface area contributed by atoms with E-state index in [1.807, 2.05) is 0 Å². The van der Waals surface area contributed by atoms with Gasteiger partial charge in [-0.2, -0.15) is 0 Å². The van der Waals surface area contributed by atoms with Gasteiger partial charge in [0.1, 0.15) is 5.69 Å². The molecule has 0 aliphatic heterocycles. The number of aromatic amines is 1. The quantitative estimate of drug-likeness (QED) is 0.690. The Labute approximate surface area is 88.1 Å². The molecule has 5 nitrogen and oxygen atoms in total. The van der Waals surface area contributed by atoms with Crippen LogP contribution >= 0.6 is 0 Å². The monoisotopic (exact) mass is 208 g/mol. The van der Waals surface area contributed by atoms with Crippen LogP contribution in [0, 0.1) is 5.92 Å². The minimum atomic E-state index is -0.293. The van der Waals surface area contributed by atoms with E-state index >= 15 is 0 Å². The number of hydrogen-bond donors (Lipinski definition) is 3. The maximum absolute atomic E-state index is 11.3. The number of nitrogen functional groups attached to an aromatic ring is 1. The van der Waals surface area contributed by atoms with Crippen LogP contribution in [0.1, 0.15) is 26.7 Å². The third-order valence-electron chi connectivity index (χ3n) is 2.93. The van der Waals surface area contributed by atoms with Crippen LogP contribution in [0.15, 0.2) is 11.1 Å². The van der Waals surface area contributed by atoms with Crippen molar-refractivity contribution in [3.8, 4) is 0 Å². The van der Waals surface area contributed by atoms with E-state index in [0.29, 0.717) is 11.7 Å². The first-order valence-corrected chi connectivity index (χ1v) is 5.12. The predicted molar refractivity (Wildman–Crippen MR) is 59.7 cm³/mol. The van der Waals surface area contributed by atoms with Crippen LogP contribution in [0.5, 0.6) is 0 Å². The molecule has 0 aromatic carbocycles. The molecule has 0 unspecified atom stereocenters. The molecule has 1 fully saturated rings. The van der Waals surface area contributed by atoms with Gasteiger partial charge in [0.05, 0.1) is 6.33 Å². The molecule has 1 aliphatic rings. The summed E-state index contributed by atoms with van der Waals surface area (Å²) in [6, 6.07) is 0. The lowest BCUT2D eigenvalue weighted by Gasteiger charge is -2.27. The van der Waals surface area contributed by atoms with Gasteiger partial charge >= 0.3 is 0 Å². The Balaban J connectivity index is 2.23. The Kier molecular flexibility index (Phi) is 2.17. The van der Waals surface area contributed by atoms with Crippen LogP contribution in [0.3, 0.4) is 0 Å². The molecule has 1 aromatic rings. The molecule has 2 rings (SSSR count). The first kappa shape index (κ1) is 10.0. The molecule has 0 atom stereocenters. The number of nitrogens with zero attached hydrogens (tertiary/aromatic N) is 1. The topological polar surface area (TPSA) is 83.8 Å². The highest BCUT2D eigenvalue weighted by Crippen LogP contribution is 2.41. The largest absolute Gasteiger partial charge is 0.391 e. The number of nitrogens with two attached hydrogens (primary N) is 1. The molecule has 0 bridgehead atoms. The second kappa shape index (κ2) is 3.25. The second-order valence-electron chi connectivity index (χ2n) is 4.61. The zero-order valence-electron chi connectivity index (χ0n) is 9.00. The Morgan fingerprint density at radius 2 is 2.27 bits per heavy atom. The number of hydrogen-bond acceptors (Lipinski definition) is 4. The fourth-order valence-corrected chi connectivity index (χ4v) is 1.72. The molecule has 5 heteroatoms. The molecule has 4 N–H and O–H groups in total. The molecule has 1 aliphatic carbocycles. The fourth-order valence-electron chi connectivity index (χ4n) is 1.72. The van der Waals surface area contributed by atoms with Gasteiger partial charge in [0.25, 0.3) is 5.56 Å². The van der Waals surface area contributed by atoms with Gasteiger partial charge in [0.2, 0.25) is 0 Å². The van der Waals surface area contributed by atoms with Gasteiger partial charge in [-0.1, -0.05) is 0 Å². The van der Waals surface area contributed by atoms with E-state index < -0.39 is 0 Å². The highest BCUT2D eigenvalue weighted by Gasteiger charge is 2.38. The lowest BCUT2D eigenvalue weighted by molar-refractivity contribution is 0.492. The van der Waals surface area contributed by atoms with Gasteiger partial charge in [-0.05, 0) is 32.6 Å². The van der Waals surface area contributed by atoms with Crippen molar-refractivity contribution in [3.63, 3.8) is 0 Å². The number of rotatable bonds is 3. The van der Waals surface area contributed by atoms with Crippen LogP contribution in [-0.4, -0.2) is 15.5 Å². The molecule has 15 heavy (non-hydrogen) atoms. The van der Waals surface area contributed by atoms with Crippen molar-refractivity contribution >= 4 is 11.5 Å². The summed E-state index contributed by atoms with van der Waals surface area (Å²) in [5.74, 6) is 1.13. The predicted octanol–water partition coefficient (Wildman–Crippen LogP) is 0.953. The van der Waals surface area contributed by atoms with Crippen molar-refractivity contribution in [2.24, 2.45) is 5.92 Å². The normalized spacial score (nSPS) is 16.4. The maximum atomic E-state index is 11.3. The summed E-state index contributed by atoms with van der Waals surface area (Å²) in [6.45, 7) is 4.21. The zero-order valence-corrected chi connectivity index (χ0v) is 9.00. The van der Waals surface area contributed by atoms with Gasteiger partial charge < -0.3 is 16.0 Å². The number of H-pyrrole nitrogens is 1. The van der Waals surface area contributed by atoms with Gasteiger partial charge in [-0.15, -0.1) is 0 Å². The summed E-state index contributed by atoms with van der Waals surface area (Å²) >= 11 is 0. The van der Waals surface area contributed by atoms with Gasteiger partial charge in [0.15, 0.2) is 5.82 Å². The third-order valence-corrected chi connectivity index (χ3v) is 2.93. The molecule has 0 saturated heterocycles. The van der Waals surface area contributed by atoms with E-state index in [1.165, 1.54) is 19.2 Å². The van der Waals surface area contributed by atoms with Gasteiger partial charge in [-0.3, -0.25) is 4.79 Å². The molecule has 1 saturated carbocycles. The van der Waals surface area contributed by atoms with E-state index in [9.17, 15) is 4.79 Å². The molecule has 1 aromatic heterocycles. The Hall–Kier alpha value is -1.52. The van der Waals surface area contributed by atoms with Crippen LogP contribution < -0.4 is 16.6 Å². The lowest BCUT2D eigenvalue weighted by Crippen LogP contribution is -2.35. The molecular weight excluding hydrogens is 192 g/mol. The van der Waals surface area contributed by atoms with Gasteiger partial charge in [0, 0.05) is 5.54 Å². The summed E-state index contributed by atoms with van der Waals surface area (Å²) in [5, 5.41) is 3.23. The summed E-state index contributed by atoms with van der Waals surface area (Å²) in [6.07, 6.45) is 3.82. The highest BCUT2D eigenvalue weighted by atomic mass is 16.1. The molecule has 82 valence electrons. The van der Waals surface area contributed by atoms with Crippen molar-refractivity contribution in [3.05, 3.63) is 16.7 Å². The highest BCUT2D eigenvalue weighted by molar-refractivity contribution is 5.60. The second-order valence-corrected chi connectivity index (χ2v) is 4.61. The van der Waals surface area contributed by atoms with Crippen molar-refractivity contribution in [2.45, 2.75) is 32.2 Å². The van der Waals surface area contributed by atoms with Crippen molar-refractivity contribution in [2.75, 3.05) is 11.1 Å². The molecule has 0 radical (unpaired) electrons. The first-order valence-electron chi connectivity index (χ1n) is 5.12. The summed E-state index contributed by atoms with van der Waals surface area (Å²) < 4.78 is 0. The standard InChI is InChI=1S/C10H16N4O/c1-10(2,6-3-4-6)14-8-7(11)9(15)13-5-12-8/h5-6H,3-4,11H2,1-2H3,(H2,12,13,14,15). The van der Waals surface area contributed by atoms with Crippen LogP contribution in [0.4, 0.5) is 11.5 Å². The minimum Gasteiger partial charge on any atom is -0.391 e. The van der Waals surface area contributed by atoms with Gasteiger partial charge in [-0.25, -0.2) is 4.98 Å². The van der Waals surface area contributed by atoms with E-state index in [0.717, 1.165) is 0 Å². The summed E-state index contributed by atoms with van der Waals surface area (Å²) in [5.41, 5.74) is 5.46. The number of aromatic nitrogens is 2. The lowest BCUT2D eigenvalue weighted by atomic mass is 9.99. The van der Waals surface area contributed by atoms with E-state index in [-0.39, 0.29) is 16.8 Å². The maximum Gasteiger partial charge on any atom is 0.276 e. The Morgan fingerprint density at radius 3 is 2.87 bits per heavy atom. The minimum absolute atomic E-state index is 0.0467. The van der Waals surface area contributed by atoms with E-state index in [1.54, 1.807) is 0 Å². The summed E-state index contributed by atoms with van der Waals surface area (Å²) in [7, 11) is 0. The average molecular weight is 208 g/mol. The van der Waals surface area contributed by atoms with E-state index in [2.05, 4.69) is 29.1 Å². The van der Waals surface area contributed by atoms with Crippen molar-refractivity contribution in [1.29, 1.82) is 0 Å². The molecular formula is C10H16N4O. The van der Waals surface area contributed by atoms with Crippen molar-refractivity contribution in [1.82, 2.24) is 9.97 Å². The average Bonchev–Trinajstić information content (AvgIpc) is 2.95. The van der Waals surface area contributed by atoms with Crippen LogP contribution in [0.2, 0.25) is 0 Å². The fraction of sp³-hybridized carbons (Fsp3) is 0.600. The number of nitrogens with one attached hydrogen (secondary N) is 2. The Morgan fingerprint density at radius 1 is 1.60 bits per heavy atom. The SMILES string of the molecule is CC(C)(Nc1nc[nH]c(=O)c1N)C1CC1. The third kappa shape index (κ3) is 1.95. The smallest absolute Gasteiger partial charge is 0.276 e. The first-order chi connectivity index (χ1) is 7.00. The van der Waals surface area contributed by atoms with Crippen LogP contribution in [0.25, 0.3) is 0 Å². The van der Waals surface area contributed by atoms with Crippen molar-refractivity contribution < 1.29 is 0 Å².